The van der Waals surface area contributed by atoms with Gasteiger partial charge in [0.2, 0.25) is 0 Å². The summed E-state index contributed by atoms with van der Waals surface area (Å²) in [5.74, 6) is 0. The lowest BCUT2D eigenvalue weighted by Gasteiger charge is -1.92. The zero-order chi connectivity index (χ0) is 8.93. The molecule has 0 atom stereocenters. The maximum atomic E-state index is 4.13. The average molecular weight is 170 g/mol. The van der Waals surface area contributed by atoms with E-state index in [2.05, 4.69) is 16.0 Å². The second-order valence-corrected chi connectivity index (χ2v) is 2.88. The maximum Gasteiger partial charge on any atom is 0.0977 e. The molecule has 2 nitrogen and oxygen atoms in total. The summed E-state index contributed by atoms with van der Waals surface area (Å²) in [6.45, 7) is 0. The number of hydrogen-bond donors (Lipinski definition) is 0. The van der Waals surface area contributed by atoms with Crippen LogP contribution in [-0.2, 0) is 0 Å². The Morgan fingerprint density at radius 1 is 0.692 bits per heavy atom. The van der Waals surface area contributed by atoms with Crippen LogP contribution in [0.15, 0.2) is 58.6 Å². The van der Waals surface area contributed by atoms with Crippen molar-refractivity contribution in [1.82, 2.24) is 0 Å². The fraction of sp³-hybridized carbons (Fsp3) is 0.182. The first kappa shape index (κ1) is 7.96. The standard InChI is InChI=1S/C11H10N2/c1-2-6-10(5-1)12-9-13-11-7-3-4-8-11/h1-8,10-11H. The summed E-state index contributed by atoms with van der Waals surface area (Å²) in [5, 5.41) is 0. The van der Waals surface area contributed by atoms with E-state index in [9.17, 15) is 0 Å². The molecule has 0 saturated carbocycles. The predicted octanol–water partition coefficient (Wildman–Crippen LogP) is 2.15. The molecule has 0 radical (unpaired) electrons. The fourth-order valence-electron chi connectivity index (χ4n) is 1.18. The van der Waals surface area contributed by atoms with E-state index < -0.39 is 0 Å². The highest BCUT2D eigenvalue weighted by Crippen LogP contribution is 2.04. The summed E-state index contributed by atoms with van der Waals surface area (Å²) >= 11 is 0. The number of nitrogens with zero attached hydrogens (tertiary/aromatic N) is 2. The normalized spacial score (nSPS) is 19.7. The zero-order valence-corrected chi connectivity index (χ0v) is 7.17. The van der Waals surface area contributed by atoms with E-state index in [0.29, 0.717) is 0 Å². The molecule has 13 heavy (non-hydrogen) atoms. The third-order valence-electron chi connectivity index (χ3n) is 1.87. The van der Waals surface area contributed by atoms with Gasteiger partial charge in [0.25, 0.3) is 0 Å². The lowest BCUT2D eigenvalue weighted by Crippen LogP contribution is -1.92. The maximum absolute atomic E-state index is 4.13. The van der Waals surface area contributed by atoms with Crippen molar-refractivity contribution in [2.24, 2.45) is 9.98 Å². The molecule has 0 N–H and O–H groups in total. The van der Waals surface area contributed by atoms with Crippen LogP contribution in [0.3, 0.4) is 0 Å². The molecule has 0 aliphatic heterocycles. The van der Waals surface area contributed by atoms with Crippen molar-refractivity contribution in [3.8, 4) is 0 Å². The van der Waals surface area contributed by atoms with Crippen molar-refractivity contribution in [2.45, 2.75) is 12.1 Å². The predicted molar refractivity (Wildman–Crippen MR) is 54.0 cm³/mol. The van der Waals surface area contributed by atoms with Gasteiger partial charge in [-0.1, -0.05) is 48.6 Å². The van der Waals surface area contributed by atoms with Gasteiger partial charge in [-0.15, -0.1) is 0 Å². The molecule has 0 bridgehead atoms. The van der Waals surface area contributed by atoms with E-state index in [1.807, 2.05) is 48.6 Å². The van der Waals surface area contributed by atoms with E-state index in [0.717, 1.165) is 0 Å². The molecule has 2 heteroatoms. The molecule has 0 spiro atoms. The van der Waals surface area contributed by atoms with Crippen LogP contribution in [0.5, 0.6) is 0 Å². The van der Waals surface area contributed by atoms with Gasteiger partial charge < -0.3 is 0 Å². The molecule has 0 fully saturated rings. The van der Waals surface area contributed by atoms with E-state index in [1.165, 1.54) is 0 Å². The van der Waals surface area contributed by atoms with Gasteiger partial charge in [-0.25, -0.2) is 9.98 Å². The molecule has 0 aromatic carbocycles. The Kier molecular flexibility index (Phi) is 2.35. The van der Waals surface area contributed by atoms with Gasteiger partial charge >= 0.3 is 0 Å². The SMILES string of the molecule is C(=NC1C=CC=C1)=NC1C=CC=C1. The quantitative estimate of drug-likeness (QED) is 0.567. The van der Waals surface area contributed by atoms with Gasteiger partial charge in [0.15, 0.2) is 0 Å². The van der Waals surface area contributed by atoms with Gasteiger partial charge in [-0.2, -0.15) is 0 Å². The van der Waals surface area contributed by atoms with Crippen LogP contribution in [0, 0.1) is 0 Å². The Morgan fingerprint density at radius 3 is 1.46 bits per heavy atom. The van der Waals surface area contributed by atoms with Crippen LogP contribution in [-0.4, -0.2) is 18.1 Å². The molecule has 2 rings (SSSR count). The Labute approximate surface area is 77.4 Å². The number of allylic oxidation sites excluding steroid dienone is 4. The molecule has 0 heterocycles. The monoisotopic (exact) mass is 170 g/mol. The third kappa shape index (κ3) is 2.14. The molecule has 2 aliphatic carbocycles. The second kappa shape index (κ2) is 3.83. The van der Waals surface area contributed by atoms with Gasteiger partial charge in [0.05, 0.1) is 18.1 Å². The van der Waals surface area contributed by atoms with Gasteiger partial charge in [0.1, 0.15) is 0 Å². The lowest BCUT2D eigenvalue weighted by molar-refractivity contribution is 1.02. The van der Waals surface area contributed by atoms with Crippen LogP contribution in [0.1, 0.15) is 0 Å². The van der Waals surface area contributed by atoms with Crippen molar-refractivity contribution < 1.29 is 0 Å². The minimum atomic E-state index is 0.137. The topological polar surface area (TPSA) is 24.7 Å². The summed E-state index contributed by atoms with van der Waals surface area (Å²) in [6, 6.07) is 2.99. The Morgan fingerprint density at radius 2 is 1.08 bits per heavy atom. The smallest absolute Gasteiger partial charge is 0.0977 e. The summed E-state index contributed by atoms with van der Waals surface area (Å²) in [6.07, 6.45) is 15.9. The molecule has 2 aliphatic rings. The van der Waals surface area contributed by atoms with Crippen LogP contribution in [0.4, 0.5) is 0 Å². The Hall–Kier alpha value is -1.66. The molecular weight excluding hydrogens is 160 g/mol. The van der Waals surface area contributed by atoms with E-state index in [4.69, 9.17) is 0 Å². The van der Waals surface area contributed by atoms with E-state index in [1.54, 1.807) is 0 Å². The van der Waals surface area contributed by atoms with Gasteiger partial charge in [-0.05, 0) is 0 Å². The number of rotatable bonds is 2. The number of hydrogen-bond acceptors (Lipinski definition) is 2. The molecule has 0 amide bonds. The third-order valence-corrected chi connectivity index (χ3v) is 1.87. The number of aliphatic imine (C=N–C) groups is 2. The van der Waals surface area contributed by atoms with Gasteiger partial charge in [-0.3, -0.25) is 0 Å². The minimum Gasteiger partial charge on any atom is -0.214 e. The van der Waals surface area contributed by atoms with E-state index in [-0.39, 0.29) is 12.1 Å². The highest BCUT2D eigenvalue weighted by molar-refractivity contribution is 5.46. The van der Waals surface area contributed by atoms with Crippen molar-refractivity contribution in [1.29, 1.82) is 0 Å². The highest BCUT2D eigenvalue weighted by atomic mass is 14.9. The first-order valence-corrected chi connectivity index (χ1v) is 4.30. The first-order valence-electron chi connectivity index (χ1n) is 4.30. The van der Waals surface area contributed by atoms with Crippen LogP contribution < -0.4 is 0 Å². The summed E-state index contributed by atoms with van der Waals surface area (Å²) in [5.41, 5.74) is 0. The highest BCUT2D eigenvalue weighted by Gasteiger charge is 1.99. The average Bonchev–Trinajstić information content (AvgIpc) is 2.75. The molecule has 0 aromatic heterocycles. The Bertz CT molecular complexity index is 296. The van der Waals surface area contributed by atoms with Crippen molar-refractivity contribution in [3.05, 3.63) is 48.6 Å². The van der Waals surface area contributed by atoms with Crippen molar-refractivity contribution in [2.75, 3.05) is 0 Å². The molecule has 0 unspecified atom stereocenters. The van der Waals surface area contributed by atoms with Crippen molar-refractivity contribution in [3.63, 3.8) is 0 Å². The second-order valence-electron chi connectivity index (χ2n) is 2.88. The zero-order valence-electron chi connectivity index (χ0n) is 7.17. The summed E-state index contributed by atoms with van der Waals surface area (Å²) in [7, 11) is 0. The molecule has 0 saturated heterocycles. The minimum absolute atomic E-state index is 0.137. The molecule has 64 valence electrons. The van der Waals surface area contributed by atoms with Crippen LogP contribution in [0.25, 0.3) is 0 Å². The molecule has 0 aromatic rings. The van der Waals surface area contributed by atoms with E-state index >= 15 is 0 Å². The van der Waals surface area contributed by atoms with Gasteiger partial charge in [0, 0.05) is 0 Å². The fourth-order valence-corrected chi connectivity index (χ4v) is 1.18. The van der Waals surface area contributed by atoms with Crippen LogP contribution in [0.2, 0.25) is 0 Å². The largest absolute Gasteiger partial charge is 0.214 e. The van der Waals surface area contributed by atoms with Crippen molar-refractivity contribution >= 4 is 6.01 Å². The van der Waals surface area contributed by atoms with Crippen LogP contribution >= 0.6 is 0 Å². The summed E-state index contributed by atoms with van der Waals surface area (Å²) in [4.78, 5) is 8.26. The lowest BCUT2D eigenvalue weighted by atomic mass is 10.3. The first-order chi connectivity index (χ1) is 6.45. The summed E-state index contributed by atoms with van der Waals surface area (Å²) < 4.78 is 0. The molecular formula is C11H10N2. The Balaban J connectivity index is 1.95.